The van der Waals surface area contributed by atoms with E-state index < -0.39 is 0 Å². The highest BCUT2D eigenvalue weighted by atomic mass is 79.9. The van der Waals surface area contributed by atoms with Crippen molar-refractivity contribution in [1.82, 2.24) is 14.9 Å². The van der Waals surface area contributed by atoms with Crippen molar-refractivity contribution in [2.24, 2.45) is 0 Å². The fourth-order valence-electron chi connectivity index (χ4n) is 1.72. The molecular formula is C15H20BrN5. The quantitative estimate of drug-likeness (QED) is 0.838. The number of aromatic nitrogens is 2. The van der Waals surface area contributed by atoms with Crippen LogP contribution in [-0.2, 0) is 0 Å². The van der Waals surface area contributed by atoms with Crippen LogP contribution in [0.5, 0.6) is 0 Å². The number of nitrogens with one attached hydrogen (secondary N) is 2. The standard InChI is InChI=1S/C15H20BrN5/c1-11-4-5-12(10-13(11)16)19-14-6-7-17-15(20-14)18-8-9-21(2)3/h4-7,10H,8-9H2,1-3H3,(H2,17,18,19,20). The Morgan fingerprint density at radius 3 is 2.76 bits per heavy atom. The van der Waals surface area contributed by atoms with Gasteiger partial charge >= 0.3 is 0 Å². The van der Waals surface area contributed by atoms with Gasteiger partial charge < -0.3 is 15.5 Å². The van der Waals surface area contributed by atoms with Gasteiger partial charge in [-0.25, -0.2) is 4.98 Å². The summed E-state index contributed by atoms with van der Waals surface area (Å²) in [4.78, 5) is 10.8. The van der Waals surface area contributed by atoms with Gasteiger partial charge in [0.05, 0.1) is 0 Å². The maximum Gasteiger partial charge on any atom is 0.224 e. The number of hydrogen-bond donors (Lipinski definition) is 2. The molecule has 0 unspecified atom stereocenters. The molecule has 6 heteroatoms. The fraction of sp³-hybridized carbons (Fsp3) is 0.333. The van der Waals surface area contributed by atoms with Gasteiger partial charge in [0, 0.05) is 29.4 Å². The number of nitrogens with zero attached hydrogens (tertiary/aromatic N) is 3. The number of benzene rings is 1. The van der Waals surface area contributed by atoms with Gasteiger partial charge in [0.2, 0.25) is 5.95 Å². The second-order valence-corrected chi connectivity index (χ2v) is 5.94. The van der Waals surface area contributed by atoms with E-state index in [1.807, 2.05) is 32.3 Å². The van der Waals surface area contributed by atoms with Crippen molar-refractivity contribution in [3.05, 3.63) is 40.5 Å². The highest BCUT2D eigenvalue weighted by molar-refractivity contribution is 9.10. The van der Waals surface area contributed by atoms with E-state index >= 15 is 0 Å². The molecule has 0 aliphatic carbocycles. The molecule has 0 atom stereocenters. The maximum absolute atomic E-state index is 4.45. The van der Waals surface area contributed by atoms with Crippen molar-refractivity contribution >= 4 is 33.4 Å². The Bertz CT molecular complexity index is 600. The van der Waals surface area contributed by atoms with Crippen molar-refractivity contribution in [1.29, 1.82) is 0 Å². The number of aryl methyl sites for hydroxylation is 1. The van der Waals surface area contributed by atoms with Crippen molar-refractivity contribution in [3.8, 4) is 0 Å². The lowest BCUT2D eigenvalue weighted by Crippen LogP contribution is -2.21. The van der Waals surface area contributed by atoms with E-state index in [1.165, 1.54) is 5.56 Å². The van der Waals surface area contributed by atoms with E-state index in [1.54, 1.807) is 6.20 Å². The van der Waals surface area contributed by atoms with Crippen LogP contribution >= 0.6 is 15.9 Å². The van der Waals surface area contributed by atoms with Crippen LogP contribution in [0.3, 0.4) is 0 Å². The van der Waals surface area contributed by atoms with Gasteiger partial charge in [0.25, 0.3) is 0 Å². The molecule has 0 bridgehead atoms. The normalized spacial score (nSPS) is 10.7. The highest BCUT2D eigenvalue weighted by Gasteiger charge is 2.02. The lowest BCUT2D eigenvalue weighted by atomic mass is 10.2. The van der Waals surface area contributed by atoms with Gasteiger partial charge in [0.15, 0.2) is 0 Å². The van der Waals surface area contributed by atoms with Crippen LogP contribution in [-0.4, -0.2) is 42.1 Å². The Hall–Kier alpha value is -1.66. The molecule has 0 aliphatic rings. The molecule has 0 amide bonds. The summed E-state index contributed by atoms with van der Waals surface area (Å²) in [5, 5.41) is 6.49. The van der Waals surface area contributed by atoms with Crippen LogP contribution in [0.4, 0.5) is 17.5 Å². The minimum Gasteiger partial charge on any atom is -0.353 e. The molecule has 2 N–H and O–H groups in total. The third kappa shape index (κ3) is 4.99. The van der Waals surface area contributed by atoms with Crippen molar-refractivity contribution in [2.75, 3.05) is 37.8 Å². The van der Waals surface area contributed by atoms with Gasteiger partial charge in [-0.3, -0.25) is 0 Å². The Morgan fingerprint density at radius 1 is 1.24 bits per heavy atom. The minimum absolute atomic E-state index is 0.632. The topological polar surface area (TPSA) is 53.1 Å². The molecule has 0 saturated heterocycles. The van der Waals surface area contributed by atoms with E-state index in [0.717, 1.165) is 29.1 Å². The van der Waals surface area contributed by atoms with Crippen LogP contribution in [0.2, 0.25) is 0 Å². The minimum atomic E-state index is 0.632. The van der Waals surface area contributed by atoms with Gasteiger partial charge in [-0.15, -0.1) is 0 Å². The smallest absolute Gasteiger partial charge is 0.224 e. The third-order valence-electron chi connectivity index (χ3n) is 2.94. The SMILES string of the molecule is Cc1ccc(Nc2ccnc(NCCN(C)C)n2)cc1Br. The number of hydrogen-bond acceptors (Lipinski definition) is 5. The van der Waals surface area contributed by atoms with E-state index in [9.17, 15) is 0 Å². The first-order chi connectivity index (χ1) is 10.0. The largest absolute Gasteiger partial charge is 0.353 e. The number of anilines is 3. The molecule has 0 radical (unpaired) electrons. The van der Waals surface area contributed by atoms with Gasteiger partial charge in [-0.2, -0.15) is 4.98 Å². The molecule has 0 aliphatic heterocycles. The fourth-order valence-corrected chi connectivity index (χ4v) is 2.10. The molecule has 2 rings (SSSR count). The molecule has 1 heterocycles. The van der Waals surface area contributed by atoms with Crippen LogP contribution in [0.1, 0.15) is 5.56 Å². The predicted molar refractivity (Wildman–Crippen MR) is 91.2 cm³/mol. The van der Waals surface area contributed by atoms with E-state index in [0.29, 0.717) is 5.95 Å². The van der Waals surface area contributed by atoms with Gasteiger partial charge in [-0.05, 0) is 44.8 Å². The Kier molecular flexibility index (Phi) is 5.52. The third-order valence-corrected chi connectivity index (χ3v) is 3.80. The Morgan fingerprint density at radius 2 is 2.05 bits per heavy atom. The summed E-state index contributed by atoms with van der Waals surface area (Å²) in [7, 11) is 4.07. The summed E-state index contributed by atoms with van der Waals surface area (Å²) in [6.45, 7) is 3.81. The highest BCUT2D eigenvalue weighted by Crippen LogP contribution is 2.23. The van der Waals surface area contributed by atoms with Gasteiger partial charge in [0.1, 0.15) is 5.82 Å². The van der Waals surface area contributed by atoms with Crippen molar-refractivity contribution < 1.29 is 0 Å². The predicted octanol–water partition coefficient (Wildman–Crippen LogP) is 3.26. The summed E-state index contributed by atoms with van der Waals surface area (Å²) in [5.41, 5.74) is 2.19. The van der Waals surface area contributed by atoms with Crippen LogP contribution < -0.4 is 10.6 Å². The summed E-state index contributed by atoms with van der Waals surface area (Å²) < 4.78 is 1.07. The lowest BCUT2D eigenvalue weighted by Gasteiger charge is -2.11. The molecule has 0 saturated carbocycles. The first-order valence-corrected chi connectivity index (χ1v) is 7.59. The zero-order valence-corrected chi connectivity index (χ0v) is 14.1. The molecular weight excluding hydrogens is 330 g/mol. The Balaban J connectivity index is 2.01. The summed E-state index contributed by atoms with van der Waals surface area (Å²) >= 11 is 3.53. The summed E-state index contributed by atoms with van der Waals surface area (Å²) in [5.74, 6) is 1.40. The first-order valence-electron chi connectivity index (χ1n) is 6.79. The lowest BCUT2D eigenvalue weighted by molar-refractivity contribution is 0.425. The van der Waals surface area contributed by atoms with Gasteiger partial charge in [-0.1, -0.05) is 22.0 Å². The molecule has 0 fully saturated rings. The van der Waals surface area contributed by atoms with Crippen molar-refractivity contribution in [2.45, 2.75) is 6.92 Å². The van der Waals surface area contributed by atoms with Crippen LogP contribution in [0.25, 0.3) is 0 Å². The number of likely N-dealkylation sites (N-methyl/N-ethyl adjacent to an activating group) is 1. The van der Waals surface area contributed by atoms with Crippen LogP contribution in [0, 0.1) is 6.92 Å². The summed E-state index contributed by atoms with van der Waals surface area (Å²) in [6, 6.07) is 7.98. The first kappa shape index (κ1) is 15.7. The monoisotopic (exact) mass is 349 g/mol. The average Bonchev–Trinajstić information content (AvgIpc) is 2.43. The molecule has 112 valence electrons. The van der Waals surface area contributed by atoms with Crippen LogP contribution in [0.15, 0.2) is 34.9 Å². The van der Waals surface area contributed by atoms with Crippen molar-refractivity contribution in [3.63, 3.8) is 0 Å². The van der Waals surface area contributed by atoms with E-state index in [-0.39, 0.29) is 0 Å². The second kappa shape index (κ2) is 7.38. The maximum atomic E-state index is 4.45. The molecule has 1 aromatic heterocycles. The second-order valence-electron chi connectivity index (χ2n) is 5.08. The zero-order chi connectivity index (χ0) is 15.2. The molecule has 5 nitrogen and oxygen atoms in total. The molecule has 21 heavy (non-hydrogen) atoms. The summed E-state index contributed by atoms with van der Waals surface area (Å²) in [6.07, 6.45) is 1.75. The average molecular weight is 350 g/mol. The zero-order valence-electron chi connectivity index (χ0n) is 12.5. The molecule has 0 spiro atoms. The van der Waals surface area contributed by atoms with E-state index in [2.05, 4.69) is 54.4 Å². The van der Waals surface area contributed by atoms with E-state index in [4.69, 9.17) is 0 Å². The molecule has 1 aromatic carbocycles. The number of rotatable bonds is 6. The Labute approximate surface area is 133 Å². The molecule has 2 aromatic rings. The number of halogens is 1.